The molecule has 0 fully saturated rings. The zero-order chi connectivity index (χ0) is 31.8. The fourth-order valence-corrected chi connectivity index (χ4v) is 5.36. The van der Waals surface area contributed by atoms with E-state index in [2.05, 4.69) is 15.4 Å². The number of aromatic nitrogens is 3. The summed E-state index contributed by atoms with van der Waals surface area (Å²) in [6, 6.07) is 8.52. The number of halogens is 6. The summed E-state index contributed by atoms with van der Waals surface area (Å²) in [6.45, 7) is -0.0872. The highest BCUT2D eigenvalue weighted by atomic mass is 19.4. The van der Waals surface area contributed by atoms with Crippen molar-refractivity contribution in [1.82, 2.24) is 25.0 Å². The molecular weight excluding hydrogens is 590 g/mol. The van der Waals surface area contributed by atoms with Gasteiger partial charge < -0.3 is 16.0 Å². The largest absolute Gasteiger partial charge is 0.435 e. The lowest BCUT2D eigenvalue weighted by molar-refractivity contribution is -0.142. The van der Waals surface area contributed by atoms with Crippen LogP contribution in [0.25, 0.3) is 11.1 Å². The number of benzene rings is 2. The highest BCUT2D eigenvalue weighted by molar-refractivity contribution is 5.94. The standard InChI is InChI=1S/C30H26F6N6O2/c1-41-8-6-25-22(14-41)28(30(34,35)36)40-42(25)15-26(43)39-24(11-16-9-18(31)13-19(32)10-16)27-20(3-2-7-38-27)17-4-5-23(33)21(12-17)29(37)44/h2-5,7,9-10,12-13,24H,6,8,11,14-15H2,1H3,(H2,37,44)(H,39,43)/t24-/m0/s1. The van der Waals surface area contributed by atoms with Crippen LogP contribution < -0.4 is 11.1 Å². The summed E-state index contributed by atoms with van der Waals surface area (Å²) < 4.78 is 84.8. The second kappa shape index (κ2) is 12.1. The Morgan fingerprint density at radius 2 is 1.80 bits per heavy atom. The molecule has 2 aromatic carbocycles. The highest BCUT2D eigenvalue weighted by Crippen LogP contribution is 2.35. The van der Waals surface area contributed by atoms with Crippen LogP contribution in [-0.4, -0.2) is 45.1 Å². The molecule has 230 valence electrons. The summed E-state index contributed by atoms with van der Waals surface area (Å²) >= 11 is 0. The molecule has 2 aromatic heterocycles. The second-order valence-corrected chi connectivity index (χ2v) is 10.5. The van der Waals surface area contributed by atoms with E-state index in [4.69, 9.17) is 5.73 Å². The molecule has 0 bridgehead atoms. The molecule has 0 aliphatic carbocycles. The third kappa shape index (κ3) is 6.59. The van der Waals surface area contributed by atoms with Gasteiger partial charge in [0.2, 0.25) is 5.91 Å². The minimum Gasteiger partial charge on any atom is -0.366 e. The molecule has 5 rings (SSSR count). The lowest BCUT2D eigenvalue weighted by atomic mass is 9.94. The number of nitrogens with two attached hydrogens (primary N) is 1. The van der Waals surface area contributed by atoms with Crippen LogP contribution in [0.2, 0.25) is 0 Å². The molecule has 1 atom stereocenters. The van der Waals surface area contributed by atoms with Crippen LogP contribution in [0.1, 0.15) is 44.6 Å². The van der Waals surface area contributed by atoms with Gasteiger partial charge in [-0.25, -0.2) is 13.2 Å². The first-order chi connectivity index (χ1) is 20.8. The molecular formula is C30H26F6N6O2. The Labute approximate surface area is 247 Å². The van der Waals surface area contributed by atoms with Crippen LogP contribution in [0, 0.1) is 17.5 Å². The summed E-state index contributed by atoms with van der Waals surface area (Å²) in [6.07, 6.45) is -3.26. The number of carbonyl (C=O) groups excluding carboxylic acids is 2. The number of hydrogen-bond acceptors (Lipinski definition) is 5. The van der Waals surface area contributed by atoms with E-state index in [1.54, 1.807) is 24.1 Å². The molecule has 3 heterocycles. The van der Waals surface area contributed by atoms with E-state index in [0.717, 1.165) is 22.9 Å². The molecule has 0 saturated carbocycles. The molecule has 44 heavy (non-hydrogen) atoms. The Morgan fingerprint density at radius 1 is 1.07 bits per heavy atom. The summed E-state index contributed by atoms with van der Waals surface area (Å²) in [4.78, 5) is 31.3. The van der Waals surface area contributed by atoms with Crippen molar-refractivity contribution in [2.24, 2.45) is 5.73 Å². The Hall–Kier alpha value is -4.72. The third-order valence-electron chi connectivity index (χ3n) is 7.30. The van der Waals surface area contributed by atoms with Crippen LogP contribution >= 0.6 is 0 Å². The number of hydrogen-bond donors (Lipinski definition) is 2. The topological polar surface area (TPSA) is 106 Å². The van der Waals surface area contributed by atoms with Gasteiger partial charge in [-0.1, -0.05) is 12.1 Å². The smallest absolute Gasteiger partial charge is 0.366 e. The lowest BCUT2D eigenvalue weighted by Gasteiger charge is -2.24. The predicted molar refractivity (Wildman–Crippen MR) is 146 cm³/mol. The van der Waals surface area contributed by atoms with Gasteiger partial charge >= 0.3 is 6.18 Å². The lowest BCUT2D eigenvalue weighted by Crippen LogP contribution is -2.35. The molecule has 0 saturated heterocycles. The number of alkyl halides is 3. The van der Waals surface area contributed by atoms with Gasteiger partial charge in [-0.05, 0) is 54.9 Å². The maximum absolute atomic E-state index is 14.2. The zero-order valence-corrected chi connectivity index (χ0v) is 23.3. The summed E-state index contributed by atoms with van der Waals surface area (Å²) in [5.74, 6) is -4.31. The molecule has 8 nitrogen and oxygen atoms in total. The van der Waals surface area contributed by atoms with Crippen LogP contribution in [0.3, 0.4) is 0 Å². The minimum absolute atomic E-state index is 0.000543. The van der Waals surface area contributed by atoms with E-state index in [1.165, 1.54) is 18.3 Å². The summed E-state index contributed by atoms with van der Waals surface area (Å²) in [5.41, 5.74) is 5.14. The molecule has 1 aliphatic heterocycles. The molecule has 3 N–H and O–H groups in total. The van der Waals surface area contributed by atoms with Gasteiger partial charge in [-0.2, -0.15) is 18.3 Å². The molecule has 4 aromatic rings. The predicted octanol–water partition coefficient (Wildman–Crippen LogP) is 4.57. The Morgan fingerprint density at radius 3 is 2.48 bits per heavy atom. The van der Waals surface area contributed by atoms with Crippen molar-refractivity contribution in [2.45, 2.75) is 38.1 Å². The van der Waals surface area contributed by atoms with Gasteiger partial charge in [-0.15, -0.1) is 0 Å². The zero-order valence-electron chi connectivity index (χ0n) is 23.3. The van der Waals surface area contributed by atoms with Crippen molar-refractivity contribution in [3.05, 3.63) is 106 Å². The maximum Gasteiger partial charge on any atom is 0.435 e. The van der Waals surface area contributed by atoms with E-state index in [9.17, 15) is 35.9 Å². The van der Waals surface area contributed by atoms with E-state index < -0.39 is 53.7 Å². The number of likely N-dealkylation sites (N-methyl/N-ethyl adjacent to an activating group) is 1. The van der Waals surface area contributed by atoms with Gasteiger partial charge in [0.05, 0.1) is 17.3 Å². The number of pyridine rings is 1. The molecule has 1 aliphatic rings. The van der Waals surface area contributed by atoms with Gasteiger partial charge in [-0.3, -0.25) is 19.3 Å². The van der Waals surface area contributed by atoms with Crippen molar-refractivity contribution < 1.29 is 35.9 Å². The minimum atomic E-state index is -4.73. The van der Waals surface area contributed by atoms with E-state index in [1.807, 2.05) is 0 Å². The number of carbonyl (C=O) groups is 2. The average molecular weight is 617 g/mol. The normalized spacial score (nSPS) is 14.2. The van der Waals surface area contributed by atoms with Crippen molar-refractivity contribution >= 4 is 11.8 Å². The van der Waals surface area contributed by atoms with Crippen LogP contribution in [0.15, 0.2) is 54.7 Å². The number of amides is 2. The fourth-order valence-electron chi connectivity index (χ4n) is 5.36. The second-order valence-electron chi connectivity index (χ2n) is 10.5. The van der Waals surface area contributed by atoms with Crippen molar-refractivity contribution in [2.75, 3.05) is 13.6 Å². The van der Waals surface area contributed by atoms with Crippen molar-refractivity contribution in [3.63, 3.8) is 0 Å². The Balaban J connectivity index is 1.52. The third-order valence-corrected chi connectivity index (χ3v) is 7.30. The quantitative estimate of drug-likeness (QED) is 0.282. The van der Waals surface area contributed by atoms with Crippen LogP contribution in [-0.2, 0) is 36.9 Å². The molecule has 2 amide bonds. The van der Waals surface area contributed by atoms with Crippen LogP contribution in [0.4, 0.5) is 26.3 Å². The SMILES string of the molecule is CN1CCc2c(c(C(F)(F)F)nn2CC(=O)N[C@@H](Cc2cc(F)cc(F)c2)c2ncccc2-c2ccc(F)c(C(N)=O)c2)C1. The average Bonchev–Trinajstić information content (AvgIpc) is 3.30. The van der Waals surface area contributed by atoms with E-state index in [-0.39, 0.29) is 47.5 Å². The van der Waals surface area contributed by atoms with Gasteiger partial charge in [0.1, 0.15) is 24.0 Å². The number of primary amides is 1. The first-order valence-corrected chi connectivity index (χ1v) is 13.4. The molecule has 0 unspecified atom stereocenters. The number of fused-ring (bicyclic) bond motifs is 1. The summed E-state index contributed by atoms with van der Waals surface area (Å²) in [5, 5.41) is 6.46. The maximum atomic E-state index is 14.2. The van der Waals surface area contributed by atoms with E-state index in [0.29, 0.717) is 23.7 Å². The first kappa shape index (κ1) is 30.7. The van der Waals surface area contributed by atoms with Gasteiger partial charge in [0.25, 0.3) is 5.91 Å². The van der Waals surface area contributed by atoms with Crippen LogP contribution in [0.5, 0.6) is 0 Å². The highest BCUT2D eigenvalue weighted by Gasteiger charge is 2.40. The van der Waals surface area contributed by atoms with Crippen molar-refractivity contribution in [1.29, 1.82) is 0 Å². The number of nitrogens with zero attached hydrogens (tertiary/aromatic N) is 4. The summed E-state index contributed by atoms with van der Waals surface area (Å²) in [7, 11) is 1.69. The molecule has 0 radical (unpaired) electrons. The Bertz CT molecular complexity index is 1720. The van der Waals surface area contributed by atoms with Crippen molar-refractivity contribution in [3.8, 4) is 11.1 Å². The molecule has 14 heteroatoms. The monoisotopic (exact) mass is 616 g/mol. The Kier molecular flexibility index (Phi) is 8.46. The molecule has 0 spiro atoms. The number of rotatable bonds is 8. The van der Waals surface area contributed by atoms with Gasteiger partial charge in [0, 0.05) is 48.6 Å². The number of nitrogens with one attached hydrogen (secondary N) is 1. The van der Waals surface area contributed by atoms with Gasteiger partial charge in [0.15, 0.2) is 5.69 Å². The van der Waals surface area contributed by atoms with E-state index >= 15 is 0 Å². The first-order valence-electron chi connectivity index (χ1n) is 13.4. The fraction of sp³-hybridized carbons (Fsp3) is 0.267.